The average molecular weight is 399 g/mol. The maximum atomic E-state index is 10.5. The highest BCUT2D eigenvalue weighted by molar-refractivity contribution is 5.22. The fraction of sp³-hybridized carbons (Fsp3) is 0.720. The zero-order valence-electron chi connectivity index (χ0n) is 18.1. The largest absolute Gasteiger partial charge is 0.396 e. The lowest BCUT2D eigenvalue weighted by Gasteiger charge is -2.57. The van der Waals surface area contributed by atoms with E-state index in [2.05, 4.69) is 31.5 Å². The van der Waals surface area contributed by atoms with E-state index >= 15 is 0 Å². The molecule has 4 heteroatoms. The highest BCUT2D eigenvalue weighted by Gasteiger charge is 2.57. The Kier molecular flexibility index (Phi) is 5.65. The van der Waals surface area contributed by atoms with E-state index in [0.29, 0.717) is 11.8 Å². The van der Waals surface area contributed by atoms with Gasteiger partial charge in [-0.15, -0.1) is 0 Å². The minimum atomic E-state index is -0.288. The molecule has 4 N–H and O–H groups in total. The molecule has 8 unspecified atom stereocenters. The fourth-order valence-electron chi connectivity index (χ4n) is 7.43. The van der Waals surface area contributed by atoms with Crippen molar-refractivity contribution in [2.75, 3.05) is 6.61 Å². The number of aliphatic hydroxyl groups excluding tert-OH is 2. The van der Waals surface area contributed by atoms with Crippen molar-refractivity contribution < 1.29 is 10.2 Å². The normalized spacial score (nSPS) is 43.8. The molecule has 1 heterocycles. The first-order valence-electron chi connectivity index (χ1n) is 11.4. The number of hydrogen-bond acceptors (Lipinski definition) is 4. The molecule has 0 spiro atoms. The summed E-state index contributed by atoms with van der Waals surface area (Å²) in [5.41, 5.74) is 9.44. The Morgan fingerprint density at radius 3 is 2.72 bits per heavy atom. The first-order chi connectivity index (χ1) is 13.8. The molecule has 3 saturated carbocycles. The number of hydrogen-bond donors (Lipinski definition) is 3. The van der Waals surface area contributed by atoms with E-state index in [1.807, 2.05) is 12.3 Å². The van der Waals surface area contributed by atoms with Crippen molar-refractivity contribution in [2.24, 2.45) is 40.2 Å². The van der Waals surface area contributed by atoms with Crippen LogP contribution in [0, 0.1) is 34.5 Å². The standard InChI is InChI=1S/C25H38N2O2/c1-16-6-7-20-19(15-28)21(9-11-24(16,20)2)25(3)10-8-18(29)13-22(25)23(26)17-5-4-12-27-14-17/h4-5,12,14,18-23,28-29H,1,6-11,13,15,26H2,2-3H3. The lowest BCUT2D eigenvalue weighted by Crippen LogP contribution is -2.53. The van der Waals surface area contributed by atoms with Gasteiger partial charge in [-0.3, -0.25) is 4.98 Å². The molecule has 0 bridgehead atoms. The predicted molar refractivity (Wildman–Crippen MR) is 116 cm³/mol. The van der Waals surface area contributed by atoms with Crippen LogP contribution in [0.15, 0.2) is 36.7 Å². The van der Waals surface area contributed by atoms with Crippen molar-refractivity contribution in [2.45, 2.75) is 70.9 Å². The second-order valence-electron chi connectivity index (χ2n) is 10.5. The summed E-state index contributed by atoms with van der Waals surface area (Å²) < 4.78 is 0. The summed E-state index contributed by atoms with van der Waals surface area (Å²) in [6, 6.07) is 3.86. The monoisotopic (exact) mass is 398 g/mol. The minimum Gasteiger partial charge on any atom is -0.396 e. The molecule has 4 rings (SSSR count). The van der Waals surface area contributed by atoms with Gasteiger partial charge in [-0.25, -0.2) is 0 Å². The van der Waals surface area contributed by atoms with Crippen molar-refractivity contribution in [1.29, 1.82) is 0 Å². The van der Waals surface area contributed by atoms with E-state index < -0.39 is 0 Å². The third-order valence-corrected chi connectivity index (χ3v) is 9.34. The molecule has 3 aliphatic carbocycles. The number of allylic oxidation sites excluding steroid dienone is 1. The van der Waals surface area contributed by atoms with Crippen LogP contribution in [0.25, 0.3) is 0 Å². The summed E-state index contributed by atoms with van der Waals surface area (Å²) in [4.78, 5) is 4.28. The molecule has 1 aromatic heterocycles. The summed E-state index contributed by atoms with van der Waals surface area (Å²) in [6.45, 7) is 9.39. The van der Waals surface area contributed by atoms with Gasteiger partial charge in [0.25, 0.3) is 0 Å². The molecule has 3 aliphatic rings. The summed E-state index contributed by atoms with van der Waals surface area (Å²) in [7, 11) is 0. The molecule has 4 nitrogen and oxygen atoms in total. The zero-order chi connectivity index (χ0) is 20.8. The van der Waals surface area contributed by atoms with Crippen molar-refractivity contribution in [3.8, 4) is 0 Å². The van der Waals surface area contributed by atoms with Crippen LogP contribution in [0.5, 0.6) is 0 Å². The van der Waals surface area contributed by atoms with Gasteiger partial charge >= 0.3 is 0 Å². The first kappa shape index (κ1) is 21.0. The first-order valence-corrected chi connectivity index (χ1v) is 11.4. The zero-order valence-corrected chi connectivity index (χ0v) is 18.1. The van der Waals surface area contributed by atoms with E-state index in [9.17, 15) is 10.2 Å². The van der Waals surface area contributed by atoms with Gasteiger partial charge in [0.05, 0.1) is 6.10 Å². The Hall–Kier alpha value is -1.23. The van der Waals surface area contributed by atoms with E-state index in [-0.39, 0.29) is 41.4 Å². The predicted octanol–water partition coefficient (Wildman–Crippen LogP) is 4.24. The molecule has 29 heavy (non-hydrogen) atoms. The number of pyridine rings is 1. The van der Waals surface area contributed by atoms with Crippen LogP contribution in [0.3, 0.4) is 0 Å². The van der Waals surface area contributed by atoms with Crippen LogP contribution in [0.1, 0.15) is 70.4 Å². The Bertz CT molecular complexity index is 738. The van der Waals surface area contributed by atoms with Crippen LogP contribution < -0.4 is 5.73 Å². The highest BCUT2D eigenvalue weighted by Crippen LogP contribution is 2.64. The Balaban J connectivity index is 1.67. The smallest absolute Gasteiger partial charge is 0.0544 e. The average Bonchev–Trinajstić information content (AvgIpc) is 3.04. The topological polar surface area (TPSA) is 79.4 Å². The molecule has 0 aromatic carbocycles. The summed E-state index contributed by atoms with van der Waals surface area (Å²) >= 11 is 0. The van der Waals surface area contributed by atoms with Crippen molar-refractivity contribution in [1.82, 2.24) is 4.98 Å². The number of nitrogens with zero attached hydrogens (tertiary/aromatic N) is 1. The van der Waals surface area contributed by atoms with Gasteiger partial charge in [0, 0.05) is 25.0 Å². The maximum Gasteiger partial charge on any atom is 0.0544 e. The van der Waals surface area contributed by atoms with Gasteiger partial charge in [-0.05, 0) is 91.1 Å². The molecular weight excluding hydrogens is 360 g/mol. The fourth-order valence-corrected chi connectivity index (χ4v) is 7.43. The molecule has 0 saturated heterocycles. The number of aromatic nitrogens is 1. The summed E-state index contributed by atoms with van der Waals surface area (Å²) in [5.74, 6) is 1.41. The van der Waals surface area contributed by atoms with Gasteiger partial charge in [0.15, 0.2) is 0 Å². The number of fused-ring (bicyclic) bond motifs is 1. The number of aliphatic hydroxyl groups is 2. The van der Waals surface area contributed by atoms with Gasteiger partial charge < -0.3 is 15.9 Å². The minimum absolute atomic E-state index is 0.00708. The molecular formula is C25H38N2O2. The quantitative estimate of drug-likeness (QED) is 0.663. The molecule has 8 atom stereocenters. The summed E-state index contributed by atoms with van der Waals surface area (Å²) in [6.07, 6.45) is 10.4. The SMILES string of the molecule is C=C1CCC2C(CO)C(C3(C)CCC(O)CC3C(N)c3cccnc3)CCC12C. The van der Waals surface area contributed by atoms with Gasteiger partial charge in [0.2, 0.25) is 0 Å². The highest BCUT2D eigenvalue weighted by atomic mass is 16.3. The van der Waals surface area contributed by atoms with Crippen molar-refractivity contribution in [3.63, 3.8) is 0 Å². The van der Waals surface area contributed by atoms with Gasteiger partial charge in [-0.1, -0.05) is 32.1 Å². The lowest BCUT2D eigenvalue weighted by atomic mass is 9.48. The Morgan fingerprint density at radius 2 is 2.03 bits per heavy atom. The van der Waals surface area contributed by atoms with Crippen molar-refractivity contribution >= 4 is 0 Å². The lowest BCUT2D eigenvalue weighted by molar-refractivity contribution is -0.0998. The summed E-state index contributed by atoms with van der Waals surface area (Å²) in [5, 5.41) is 21.1. The van der Waals surface area contributed by atoms with Gasteiger partial charge in [0.1, 0.15) is 0 Å². The van der Waals surface area contributed by atoms with Crippen LogP contribution in [0.2, 0.25) is 0 Å². The number of rotatable bonds is 4. The van der Waals surface area contributed by atoms with Crippen LogP contribution in [-0.4, -0.2) is 27.9 Å². The van der Waals surface area contributed by atoms with E-state index in [0.717, 1.165) is 50.5 Å². The van der Waals surface area contributed by atoms with E-state index in [4.69, 9.17) is 5.73 Å². The van der Waals surface area contributed by atoms with Gasteiger partial charge in [-0.2, -0.15) is 0 Å². The van der Waals surface area contributed by atoms with Crippen LogP contribution in [0.4, 0.5) is 0 Å². The molecule has 1 aromatic rings. The third-order valence-electron chi connectivity index (χ3n) is 9.34. The number of nitrogens with two attached hydrogens (primary N) is 1. The second kappa shape index (κ2) is 7.79. The Morgan fingerprint density at radius 1 is 1.24 bits per heavy atom. The van der Waals surface area contributed by atoms with E-state index in [1.165, 1.54) is 5.57 Å². The Labute approximate surface area is 175 Å². The molecule has 3 fully saturated rings. The molecule has 160 valence electrons. The molecule has 0 aliphatic heterocycles. The molecule has 0 amide bonds. The van der Waals surface area contributed by atoms with Crippen molar-refractivity contribution in [3.05, 3.63) is 42.2 Å². The van der Waals surface area contributed by atoms with Crippen LogP contribution >= 0.6 is 0 Å². The molecule has 0 radical (unpaired) electrons. The maximum absolute atomic E-state index is 10.5. The third kappa shape index (κ3) is 3.37. The van der Waals surface area contributed by atoms with E-state index in [1.54, 1.807) is 6.20 Å². The van der Waals surface area contributed by atoms with Crippen LogP contribution in [-0.2, 0) is 0 Å². The second-order valence-corrected chi connectivity index (χ2v) is 10.5.